The molecule has 186 valence electrons. The second-order valence-electron chi connectivity index (χ2n) is 9.65. The van der Waals surface area contributed by atoms with Crippen molar-refractivity contribution in [3.05, 3.63) is 107 Å². The zero-order chi connectivity index (χ0) is 25.9. The van der Waals surface area contributed by atoms with Crippen LogP contribution in [0.2, 0.25) is 0 Å². The van der Waals surface area contributed by atoms with Crippen molar-refractivity contribution in [3.63, 3.8) is 0 Å². The Kier molecular flexibility index (Phi) is 6.91. The molecule has 0 spiro atoms. The third kappa shape index (κ3) is 4.55. The number of hydrogen-bond acceptors (Lipinski definition) is 2. The minimum Gasteiger partial charge on any atom is -0.478 e. The Bertz CT molecular complexity index is 1460. The van der Waals surface area contributed by atoms with Crippen LogP contribution in [0.4, 0.5) is 0 Å². The quantitative estimate of drug-likeness (QED) is 0.273. The molecule has 5 rings (SSSR count). The minimum absolute atomic E-state index is 0.207. The van der Waals surface area contributed by atoms with Crippen LogP contribution in [0, 0.1) is 0 Å². The lowest BCUT2D eigenvalue weighted by atomic mass is 9.76. The third-order valence-corrected chi connectivity index (χ3v) is 7.53. The second kappa shape index (κ2) is 10.4. The molecule has 2 N–H and O–H groups in total. The van der Waals surface area contributed by atoms with E-state index in [4.69, 9.17) is 0 Å². The van der Waals surface area contributed by atoms with Gasteiger partial charge in [0, 0.05) is 0 Å². The normalized spacial score (nSPS) is 13.5. The highest BCUT2D eigenvalue weighted by molar-refractivity contribution is 6.07. The smallest absolute Gasteiger partial charge is 0.336 e. The molecule has 0 aliphatic heterocycles. The van der Waals surface area contributed by atoms with Gasteiger partial charge in [0.15, 0.2) is 0 Å². The fourth-order valence-electron chi connectivity index (χ4n) is 5.87. The Hall–Kier alpha value is -4.18. The lowest BCUT2D eigenvalue weighted by molar-refractivity contribution is 0.0686. The molecule has 1 saturated carbocycles. The average Bonchev–Trinajstić information content (AvgIpc) is 3.47. The first-order valence-electron chi connectivity index (χ1n) is 12.9. The van der Waals surface area contributed by atoms with Crippen LogP contribution in [-0.2, 0) is 6.42 Å². The lowest BCUT2D eigenvalue weighted by Crippen LogP contribution is -2.08. The molecule has 1 fully saturated rings. The third-order valence-electron chi connectivity index (χ3n) is 7.53. The standard InChI is InChI=1S/C33H30O4/c1-2-21-20-28(22-12-6-7-13-22)30(23-14-4-3-5-15-23)31(25-17-9-11-19-27(25)33(36)37)29(21)24-16-8-10-18-26(24)32(34)35/h3-5,8-11,14-20,22H,2,6-7,12-13H2,1H3,(H,34,35)(H,36,37). The summed E-state index contributed by atoms with van der Waals surface area (Å²) in [5, 5.41) is 20.3. The molecule has 0 heterocycles. The minimum atomic E-state index is -1.00. The number of carboxylic acid groups (broad SMARTS) is 2. The first-order chi connectivity index (χ1) is 18.0. The Morgan fingerprint density at radius 2 is 1.22 bits per heavy atom. The molecule has 0 unspecified atom stereocenters. The number of carboxylic acids is 2. The fourth-order valence-corrected chi connectivity index (χ4v) is 5.87. The first-order valence-corrected chi connectivity index (χ1v) is 12.9. The van der Waals surface area contributed by atoms with E-state index in [-0.39, 0.29) is 11.1 Å². The van der Waals surface area contributed by atoms with Gasteiger partial charge in [0.05, 0.1) is 11.1 Å². The van der Waals surface area contributed by atoms with Gasteiger partial charge in [-0.2, -0.15) is 0 Å². The number of aromatic carboxylic acids is 2. The van der Waals surface area contributed by atoms with Gasteiger partial charge in [-0.05, 0) is 81.8 Å². The van der Waals surface area contributed by atoms with E-state index >= 15 is 0 Å². The Balaban J connectivity index is 2.01. The van der Waals surface area contributed by atoms with Gasteiger partial charge >= 0.3 is 11.9 Å². The van der Waals surface area contributed by atoms with Crippen LogP contribution in [0.1, 0.15) is 70.4 Å². The van der Waals surface area contributed by atoms with Crippen molar-refractivity contribution in [3.8, 4) is 33.4 Å². The van der Waals surface area contributed by atoms with E-state index < -0.39 is 11.9 Å². The van der Waals surface area contributed by atoms with E-state index in [2.05, 4.69) is 25.1 Å². The second-order valence-corrected chi connectivity index (χ2v) is 9.65. The van der Waals surface area contributed by atoms with Crippen molar-refractivity contribution in [1.82, 2.24) is 0 Å². The fraction of sp³-hybridized carbons (Fsp3) is 0.212. The van der Waals surface area contributed by atoms with Crippen LogP contribution in [0.5, 0.6) is 0 Å². The Labute approximate surface area is 217 Å². The molecule has 4 nitrogen and oxygen atoms in total. The van der Waals surface area contributed by atoms with Crippen LogP contribution < -0.4 is 0 Å². The zero-order valence-electron chi connectivity index (χ0n) is 20.9. The summed E-state index contributed by atoms with van der Waals surface area (Å²) < 4.78 is 0. The summed E-state index contributed by atoms with van der Waals surface area (Å²) in [5.74, 6) is -1.63. The summed E-state index contributed by atoms with van der Waals surface area (Å²) >= 11 is 0. The van der Waals surface area contributed by atoms with Gasteiger partial charge in [0.1, 0.15) is 0 Å². The maximum atomic E-state index is 12.5. The van der Waals surface area contributed by atoms with Gasteiger partial charge in [-0.25, -0.2) is 9.59 Å². The van der Waals surface area contributed by atoms with Gasteiger partial charge in [-0.1, -0.05) is 92.6 Å². The molecule has 4 aromatic rings. The molecular formula is C33H30O4. The molecule has 1 aliphatic rings. The van der Waals surface area contributed by atoms with Gasteiger partial charge in [-0.15, -0.1) is 0 Å². The molecule has 0 aromatic heterocycles. The molecule has 1 aliphatic carbocycles. The average molecular weight is 491 g/mol. The van der Waals surface area contributed by atoms with Crippen molar-refractivity contribution < 1.29 is 19.8 Å². The number of aryl methyl sites for hydroxylation is 1. The number of benzene rings is 4. The first kappa shape index (κ1) is 24.5. The van der Waals surface area contributed by atoms with Crippen LogP contribution >= 0.6 is 0 Å². The maximum Gasteiger partial charge on any atom is 0.336 e. The Morgan fingerprint density at radius 3 is 1.76 bits per heavy atom. The summed E-state index contributed by atoms with van der Waals surface area (Å²) in [7, 11) is 0. The Morgan fingerprint density at radius 1 is 0.703 bits per heavy atom. The molecule has 4 heteroatoms. The SMILES string of the molecule is CCc1cc(C2CCCC2)c(-c2ccccc2)c(-c2ccccc2C(=O)O)c1-c1ccccc1C(=O)O. The molecular weight excluding hydrogens is 460 g/mol. The summed E-state index contributed by atoms with van der Waals surface area (Å²) in [4.78, 5) is 24.8. The van der Waals surface area contributed by atoms with Crippen molar-refractivity contribution >= 4 is 11.9 Å². The van der Waals surface area contributed by atoms with Crippen LogP contribution in [0.25, 0.3) is 33.4 Å². The number of rotatable bonds is 7. The van der Waals surface area contributed by atoms with Gasteiger partial charge < -0.3 is 10.2 Å². The zero-order valence-corrected chi connectivity index (χ0v) is 20.9. The van der Waals surface area contributed by atoms with E-state index in [0.29, 0.717) is 23.5 Å². The predicted molar refractivity (Wildman–Crippen MR) is 147 cm³/mol. The highest BCUT2D eigenvalue weighted by atomic mass is 16.4. The summed E-state index contributed by atoms with van der Waals surface area (Å²) in [6.07, 6.45) is 5.22. The summed E-state index contributed by atoms with van der Waals surface area (Å²) in [6.45, 7) is 2.08. The summed E-state index contributed by atoms with van der Waals surface area (Å²) in [6, 6.07) is 26.5. The highest BCUT2D eigenvalue weighted by Gasteiger charge is 2.29. The van der Waals surface area contributed by atoms with Gasteiger partial charge in [-0.3, -0.25) is 0 Å². The number of carbonyl (C=O) groups is 2. The molecule has 0 radical (unpaired) electrons. The molecule has 4 aromatic carbocycles. The number of hydrogen-bond donors (Lipinski definition) is 2. The van der Waals surface area contributed by atoms with Gasteiger partial charge in [0.25, 0.3) is 0 Å². The molecule has 0 amide bonds. The van der Waals surface area contributed by atoms with Gasteiger partial charge in [0.2, 0.25) is 0 Å². The molecule has 0 saturated heterocycles. The van der Waals surface area contributed by atoms with Crippen molar-refractivity contribution in [2.75, 3.05) is 0 Å². The van der Waals surface area contributed by atoms with Crippen LogP contribution in [0.15, 0.2) is 84.9 Å². The monoisotopic (exact) mass is 490 g/mol. The van der Waals surface area contributed by atoms with Crippen molar-refractivity contribution in [1.29, 1.82) is 0 Å². The van der Waals surface area contributed by atoms with E-state index in [9.17, 15) is 19.8 Å². The highest BCUT2D eigenvalue weighted by Crippen LogP contribution is 2.50. The van der Waals surface area contributed by atoms with Crippen molar-refractivity contribution in [2.24, 2.45) is 0 Å². The van der Waals surface area contributed by atoms with E-state index in [0.717, 1.165) is 40.7 Å². The molecule has 37 heavy (non-hydrogen) atoms. The predicted octanol–water partition coefficient (Wildman–Crippen LogP) is 8.30. The van der Waals surface area contributed by atoms with Crippen LogP contribution in [-0.4, -0.2) is 22.2 Å². The van der Waals surface area contributed by atoms with E-state index in [1.165, 1.54) is 18.4 Å². The largest absolute Gasteiger partial charge is 0.478 e. The molecule has 0 atom stereocenters. The van der Waals surface area contributed by atoms with E-state index in [1.54, 1.807) is 24.3 Å². The molecule has 0 bridgehead atoms. The van der Waals surface area contributed by atoms with Crippen molar-refractivity contribution in [2.45, 2.75) is 44.9 Å². The summed E-state index contributed by atoms with van der Waals surface area (Å²) in [5.41, 5.74) is 7.52. The van der Waals surface area contributed by atoms with Crippen LogP contribution in [0.3, 0.4) is 0 Å². The maximum absolute atomic E-state index is 12.5. The lowest BCUT2D eigenvalue weighted by Gasteiger charge is -2.27. The van der Waals surface area contributed by atoms with E-state index in [1.807, 2.05) is 42.5 Å². The topological polar surface area (TPSA) is 74.6 Å².